The van der Waals surface area contributed by atoms with Crippen molar-refractivity contribution in [1.82, 2.24) is 9.88 Å². The fraction of sp³-hybridized carbons (Fsp3) is 0.471. The van der Waals surface area contributed by atoms with Crippen LogP contribution in [-0.4, -0.2) is 45.2 Å². The molecule has 140 valence electrons. The van der Waals surface area contributed by atoms with Gasteiger partial charge in [0.1, 0.15) is 22.3 Å². The molecule has 9 heteroatoms. The zero-order valence-electron chi connectivity index (χ0n) is 14.8. The first-order valence-electron chi connectivity index (χ1n) is 8.11. The van der Waals surface area contributed by atoms with E-state index in [0.717, 1.165) is 10.2 Å². The summed E-state index contributed by atoms with van der Waals surface area (Å²) in [6.07, 6.45) is -0.672. The lowest BCUT2D eigenvalue weighted by atomic mass is 10.0. The summed E-state index contributed by atoms with van der Waals surface area (Å²) in [5.41, 5.74) is -1.39. The van der Waals surface area contributed by atoms with Gasteiger partial charge in [-0.2, -0.15) is 0 Å². The molecule has 1 aromatic heterocycles. The SMILES string of the molecule is CC(C)(C)OC(=O)N1C[C@](O)(c2nc3ccccc3s2)CC1C(=O)OP. The number of ether oxygens (including phenoxy) is 1. The lowest BCUT2D eigenvalue weighted by molar-refractivity contribution is -0.138. The van der Waals surface area contributed by atoms with Crippen molar-refractivity contribution >= 4 is 43.1 Å². The monoisotopic (exact) mass is 396 g/mol. The molecule has 1 amide bonds. The number of hydrogen-bond donors (Lipinski definition) is 1. The number of aliphatic hydroxyl groups is 1. The summed E-state index contributed by atoms with van der Waals surface area (Å²) in [5.74, 6) is -0.627. The zero-order valence-corrected chi connectivity index (χ0v) is 16.7. The summed E-state index contributed by atoms with van der Waals surface area (Å²) in [4.78, 5) is 30.4. The van der Waals surface area contributed by atoms with E-state index in [-0.39, 0.29) is 13.0 Å². The number of β-amino-alcohol motifs (C(OH)–C–C–N with tert-alkyl or cyclic N) is 1. The van der Waals surface area contributed by atoms with Gasteiger partial charge in [0.05, 0.1) is 26.2 Å². The van der Waals surface area contributed by atoms with Gasteiger partial charge in [-0.3, -0.25) is 4.90 Å². The maximum Gasteiger partial charge on any atom is 0.411 e. The Labute approximate surface area is 157 Å². The molecule has 1 aromatic carbocycles. The molecule has 2 heterocycles. The zero-order chi connectivity index (χ0) is 19.1. The van der Waals surface area contributed by atoms with Crippen LogP contribution in [0, 0.1) is 0 Å². The van der Waals surface area contributed by atoms with E-state index >= 15 is 0 Å². The van der Waals surface area contributed by atoms with Crippen LogP contribution in [0.25, 0.3) is 10.2 Å². The lowest BCUT2D eigenvalue weighted by Gasteiger charge is -2.27. The number of carbonyl (C=O) groups is 2. The van der Waals surface area contributed by atoms with Gasteiger partial charge in [-0.05, 0) is 32.9 Å². The molecule has 0 spiro atoms. The average molecular weight is 396 g/mol. The van der Waals surface area contributed by atoms with Crippen molar-refractivity contribution in [3.05, 3.63) is 29.3 Å². The highest BCUT2D eigenvalue weighted by Gasteiger charge is 2.52. The Morgan fingerprint density at radius 1 is 1.38 bits per heavy atom. The molecule has 1 saturated heterocycles. The third-order valence-corrected chi connectivity index (χ3v) is 5.51. The van der Waals surface area contributed by atoms with Crippen molar-refractivity contribution in [2.75, 3.05) is 6.54 Å². The number of hydrogen-bond acceptors (Lipinski definition) is 7. The van der Waals surface area contributed by atoms with Crippen LogP contribution in [0.5, 0.6) is 0 Å². The van der Waals surface area contributed by atoms with Crippen molar-refractivity contribution in [2.45, 2.75) is 44.4 Å². The van der Waals surface area contributed by atoms with E-state index in [9.17, 15) is 14.7 Å². The van der Waals surface area contributed by atoms with Crippen LogP contribution in [0.2, 0.25) is 0 Å². The first-order chi connectivity index (χ1) is 12.1. The number of amides is 1. The Bertz CT molecular complexity index is 816. The van der Waals surface area contributed by atoms with Gasteiger partial charge in [-0.1, -0.05) is 12.1 Å². The molecule has 0 aliphatic carbocycles. The normalized spacial score (nSPS) is 23.3. The summed E-state index contributed by atoms with van der Waals surface area (Å²) in [6, 6.07) is 6.58. The summed E-state index contributed by atoms with van der Waals surface area (Å²) in [5, 5.41) is 11.6. The van der Waals surface area contributed by atoms with E-state index in [1.54, 1.807) is 20.8 Å². The summed E-state index contributed by atoms with van der Waals surface area (Å²) < 4.78 is 11.0. The average Bonchev–Trinajstić information content (AvgIpc) is 3.15. The fourth-order valence-corrected chi connectivity index (χ4v) is 4.13. The Kier molecular flexibility index (Phi) is 4.94. The molecule has 1 aliphatic heterocycles. The maximum absolute atomic E-state index is 12.5. The number of likely N-dealkylation sites (tertiary alicyclic amines) is 1. The molecule has 1 fully saturated rings. The van der Waals surface area contributed by atoms with E-state index < -0.39 is 29.3 Å². The number of aromatic nitrogens is 1. The predicted octanol–water partition coefficient (Wildman–Crippen LogP) is 2.83. The van der Waals surface area contributed by atoms with E-state index in [4.69, 9.17) is 9.26 Å². The minimum atomic E-state index is -1.44. The standard InChI is InChI=1S/C17H21N2O5PS/c1-16(2,3)23-15(21)19-9-17(22,8-11(19)13(20)24-25)14-18-10-6-4-5-7-12(10)26-14/h4-7,11,22H,8-9,25H2,1-3H3/t11?,17-/m0/s1. The second-order valence-corrected chi connectivity index (χ2v) is 8.55. The quantitative estimate of drug-likeness (QED) is 0.786. The topological polar surface area (TPSA) is 89.0 Å². The number of fused-ring (bicyclic) bond motifs is 1. The van der Waals surface area contributed by atoms with Gasteiger partial charge >= 0.3 is 12.1 Å². The Morgan fingerprint density at radius 3 is 2.69 bits per heavy atom. The third-order valence-electron chi connectivity index (χ3n) is 4.05. The number of para-hydroxylation sites is 1. The second-order valence-electron chi connectivity index (χ2n) is 7.28. The molecule has 7 nitrogen and oxygen atoms in total. The molecule has 0 radical (unpaired) electrons. The summed E-state index contributed by atoms with van der Waals surface area (Å²) in [6.45, 7) is 5.13. The maximum atomic E-state index is 12.5. The number of benzene rings is 1. The van der Waals surface area contributed by atoms with Crippen LogP contribution < -0.4 is 0 Å². The number of nitrogens with zero attached hydrogens (tertiary/aromatic N) is 2. The molecule has 1 N–H and O–H groups in total. The van der Waals surface area contributed by atoms with E-state index in [0.29, 0.717) is 5.01 Å². The van der Waals surface area contributed by atoms with E-state index in [2.05, 4.69) is 4.98 Å². The first-order valence-corrected chi connectivity index (χ1v) is 9.40. The van der Waals surface area contributed by atoms with Crippen molar-refractivity contribution < 1.29 is 24.0 Å². The van der Waals surface area contributed by atoms with Crippen molar-refractivity contribution in [3.63, 3.8) is 0 Å². The predicted molar refractivity (Wildman–Crippen MR) is 101 cm³/mol. The van der Waals surface area contributed by atoms with E-state index in [1.165, 1.54) is 16.2 Å². The van der Waals surface area contributed by atoms with E-state index in [1.807, 2.05) is 33.7 Å². The van der Waals surface area contributed by atoms with Crippen molar-refractivity contribution in [3.8, 4) is 0 Å². The van der Waals surface area contributed by atoms with Crippen molar-refractivity contribution in [2.24, 2.45) is 0 Å². The van der Waals surface area contributed by atoms with Gasteiger partial charge < -0.3 is 14.4 Å². The molecule has 3 rings (SSSR count). The van der Waals surface area contributed by atoms with Gasteiger partial charge in [0, 0.05) is 6.42 Å². The molecule has 2 unspecified atom stereocenters. The Balaban J connectivity index is 1.93. The van der Waals surface area contributed by atoms with Gasteiger partial charge in [-0.15, -0.1) is 11.3 Å². The van der Waals surface area contributed by atoms with Gasteiger partial charge in [0.15, 0.2) is 0 Å². The minimum absolute atomic E-state index is 0.000696. The highest BCUT2D eigenvalue weighted by Crippen LogP contribution is 2.40. The van der Waals surface area contributed by atoms with Crippen LogP contribution in [0.4, 0.5) is 4.79 Å². The highest BCUT2D eigenvalue weighted by molar-refractivity contribution is 7.18. The third kappa shape index (κ3) is 3.68. The molecule has 26 heavy (non-hydrogen) atoms. The highest BCUT2D eigenvalue weighted by atomic mass is 32.1. The molecular weight excluding hydrogens is 375 g/mol. The first kappa shape index (κ1) is 19.0. The van der Waals surface area contributed by atoms with Crippen LogP contribution in [0.1, 0.15) is 32.2 Å². The summed E-state index contributed by atoms with van der Waals surface area (Å²) >= 11 is 1.34. The molecule has 0 bridgehead atoms. The number of thiazole rings is 1. The van der Waals surface area contributed by atoms with Crippen LogP contribution in [0.15, 0.2) is 24.3 Å². The smallest absolute Gasteiger partial charge is 0.411 e. The molecular formula is C17H21N2O5PS. The van der Waals surface area contributed by atoms with Gasteiger partial charge in [0.2, 0.25) is 0 Å². The second kappa shape index (κ2) is 6.76. The van der Waals surface area contributed by atoms with Gasteiger partial charge in [0.25, 0.3) is 0 Å². The molecule has 1 aliphatic rings. The molecule has 2 aromatic rings. The molecule has 0 saturated carbocycles. The van der Waals surface area contributed by atoms with Gasteiger partial charge in [-0.25, -0.2) is 14.6 Å². The number of rotatable bonds is 2. The largest absolute Gasteiger partial charge is 0.450 e. The molecule has 3 atom stereocenters. The summed E-state index contributed by atoms with van der Waals surface area (Å²) in [7, 11) is 1.88. The fourth-order valence-electron chi connectivity index (χ4n) is 2.91. The van der Waals surface area contributed by atoms with Crippen molar-refractivity contribution in [1.29, 1.82) is 0 Å². The Hall–Kier alpha value is -1.76. The van der Waals surface area contributed by atoms with Crippen LogP contribution in [-0.2, 0) is 19.7 Å². The minimum Gasteiger partial charge on any atom is -0.450 e. The van der Waals surface area contributed by atoms with Crippen LogP contribution >= 0.6 is 20.8 Å². The Morgan fingerprint density at radius 2 is 2.08 bits per heavy atom. The van der Waals surface area contributed by atoms with Crippen LogP contribution in [0.3, 0.4) is 0 Å². The number of carbonyl (C=O) groups excluding carboxylic acids is 2. The lowest BCUT2D eigenvalue weighted by Crippen LogP contribution is -2.44.